The molecule has 0 aliphatic carbocycles. The highest BCUT2D eigenvalue weighted by molar-refractivity contribution is 5.90. The zero-order valence-electron chi connectivity index (χ0n) is 26.7. The van der Waals surface area contributed by atoms with Crippen molar-refractivity contribution in [3.8, 4) is 12.3 Å². The Morgan fingerprint density at radius 3 is 2.05 bits per heavy atom. The number of terminal acetylenes is 1. The molecule has 0 radical (unpaired) electrons. The number of nitrogens with one attached hydrogen (secondary N) is 4. The summed E-state index contributed by atoms with van der Waals surface area (Å²) < 4.78 is 0. The van der Waals surface area contributed by atoms with Gasteiger partial charge in [0.1, 0.15) is 6.04 Å². The summed E-state index contributed by atoms with van der Waals surface area (Å²) in [5, 5.41) is 10.4. The maximum atomic E-state index is 12.0. The molecule has 10 heteroatoms. The number of hydrogen-bond donors (Lipinski definition) is 4. The Bertz CT molecular complexity index is 736. The van der Waals surface area contributed by atoms with E-state index in [1.165, 1.54) is 18.2 Å². The molecular weight excluding hydrogens is 510 g/mol. The molecule has 3 unspecified atom stereocenters. The van der Waals surface area contributed by atoms with E-state index >= 15 is 0 Å². The number of rotatable bonds is 10. The van der Waals surface area contributed by atoms with Crippen LogP contribution in [0, 0.1) is 17.8 Å². The summed E-state index contributed by atoms with van der Waals surface area (Å²) in [4.78, 5) is 55.8. The number of carbonyl (C=O) groups excluding carboxylic acids is 5. The number of ketones is 1. The summed E-state index contributed by atoms with van der Waals surface area (Å²) in [6, 6.07) is -0.937. The van der Waals surface area contributed by atoms with Crippen molar-refractivity contribution >= 4 is 30.5 Å². The molecule has 40 heavy (non-hydrogen) atoms. The number of amides is 5. The van der Waals surface area contributed by atoms with E-state index in [1.54, 1.807) is 13.1 Å². The molecule has 1 aliphatic heterocycles. The molecule has 1 heterocycles. The first-order valence-corrected chi connectivity index (χ1v) is 14.0. The van der Waals surface area contributed by atoms with E-state index in [9.17, 15) is 24.0 Å². The maximum Gasteiger partial charge on any atom is 0.314 e. The second kappa shape index (κ2) is 28.7. The van der Waals surface area contributed by atoms with Crippen molar-refractivity contribution < 1.29 is 24.0 Å². The van der Waals surface area contributed by atoms with E-state index in [0.29, 0.717) is 45.2 Å². The summed E-state index contributed by atoms with van der Waals surface area (Å²) in [6.07, 6.45) is 11.7. The second-order valence-electron chi connectivity index (χ2n) is 9.75. The van der Waals surface area contributed by atoms with Crippen LogP contribution in [-0.2, 0) is 19.2 Å². The number of nitrogens with zero attached hydrogens (tertiary/aromatic N) is 1. The molecule has 0 spiro atoms. The van der Waals surface area contributed by atoms with Crippen molar-refractivity contribution in [3.63, 3.8) is 0 Å². The van der Waals surface area contributed by atoms with Gasteiger partial charge in [-0.05, 0) is 38.5 Å². The lowest BCUT2D eigenvalue weighted by molar-refractivity contribution is -0.133. The Labute approximate surface area is 243 Å². The van der Waals surface area contributed by atoms with Crippen LogP contribution in [0.5, 0.6) is 0 Å². The standard InChI is InChI=1S/C13H18N2O3.C8H18N2O.C4H7NO.C3H8.C2H6/c1-3-4-6-11(10(2)17)14-13(18)12-7-5-8-15(12)9-16;1-6(8(2,3)4)10-7(11)9-5;1-2-3-5-4-6;1-3-2;1-2/h1,9,11-12H,4-8H2,2H3,(H,14,18);6H,1-5H3,(H2,9,10,11);2,4H,1,3H2,(H,5,6);3H2,1-2H3;1-2H3. The third kappa shape index (κ3) is 25.0. The zero-order valence-corrected chi connectivity index (χ0v) is 26.7. The molecule has 1 saturated heterocycles. The minimum absolute atomic E-state index is 0.116. The van der Waals surface area contributed by atoms with Gasteiger partial charge in [-0.15, -0.1) is 18.9 Å². The summed E-state index contributed by atoms with van der Waals surface area (Å²) in [6.45, 7) is 22.5. The van der Waals surface area contributed by atoms with Crippen molar-refractivity contribution in [2.75, 3.05) is 20.1 Å². The molecule has 10 nitrogen and oxygen atoms in total. The molecule has 4 N–H and O–H groups in total. The first-order valence-electron chi connectivity index (χ1n) is 14.0. The fourth-order valence-electron chi connectivity index (χ4n) is 2.69. The van der Waals surface area contributed by atoms with Gasteiger partial charge in [-0.25, -0.2) is 4.79 Å². The van der Waals surface area contributed by atoms with Gasteiger partial charge in [-0.1, -0.05) is 61.0 Å². The van der Waals surface area contributed by atoms with Crippen LogP contribution >= 0.6 is 0 Å². The van der Waals surface area contributed by atoms with Gasteiger partial charge in [0.05, 0.1) is 6.04 Å². The van der Waals surface area contributed by atoms with Gasteiger partial charge in [0.2, 0.25) is 18.7 Å². The predicted octanol–water partition coefficient (Wildman–Crippen LogP) is 3.81. The van der Waals surface area contributed by atoms with Crippen molar-refractivity contribution in [2.45, 2.75) is 113 Å². The van der Waals surface area contributed by atoms with Crippen LogP contribution in [0.25, 0.3) is 0 Å². The highest BCUT2D eigenvalue weighted by Crippen LogP contribution is 2.18. The number of carbonyl (C=O) groups is 5. The van der Waals surface area contributed by atoms with Crippen LogP contribution in [-0.4, -0.2) is 73.7 Å². The highest BCUT2D eigenvalue weighted by atomic mass is 16.2. The molecule has 1 fully saturated rings. The molecule has 1 rings (SSSR count). The third-order valence-electron chi connectivity index (χ3n) is 5.34. The van der Waals surface area contributed by atoms with Crippen molar-refractivity contribution in [2.24, 2.45) is 5.41 Å². The largest absolute Gasteiger partial charge is 0.355 e. The van der Waals surface area contributed by atoms with E-state index in [0.717, 1.165) is 6.42 Å². The Kier molecular flexibility index (Phi) is 31.3. The van der Waals surface area contributed by atoms with Gasteiger partial charge in [-0.2, -0.15) is 0 Å². The predicted molar refractivity (Wildman–Crippen MR) is 165 cm³/mol. The second-order valence-corrected chi connectivity index (χ2v) is 9.75. The highest BCUT2D eigenvalue weighted by Gasteiger charge is 2.31. The Morgan fingerprint density at radius 2 is 1.70 bits per heavy atom. The average Bonchev–Trinajstić information content (AvgIpc) is 3.40. The van der Waals surface area contributed by atoms with Gasteiger partial charge >= 0.3 is 6.03 Å². The molecule has 3 atom stereocenters. The molecule has 1 aliphatic rings. The zero-order chi connectivity index (χ0) is 32.1. The van der Waals surface area contributed by atoms with E-state index in [2.05, 4.69) is 68.4 Å². The molecule has 0 bridgehead atoms. The molecular formula is C30H57N5O5. The molecule has 0 aromatic carbocycles. The number of hydrogen-bond acceptors (Lipinski definition) is 5. The minimum Gasteiger partial charge on any atom is -0.355 e. The number of urea groups is 1. The first-order chi connectivity index (χ1) is 18.8. The normalized spacial score (nSPS) is 14.4. The quantitative estimate of drug-likeness (QED) is 0.138. The van der Waals surface area contributed by atoms with E-state index < -0.39 is 12.1 Å². The van der Waals surface area contributed by atoms with E-state index in [1.807, 2.05) is 20.8 Å². The van der Waals surface area contributed by atoms with Gasteiger partial charge in [0, 0.05) is 32.6 Å². The SMILES string of the molecule is C#CCCC(NC(=O)C1CCCN1C=O)C(C)=O.C=CCNC=O.CC.CCC.CNC(=O)NC(C)C(C)(C)C. The first kappa shape index (κ1) is 43.7. The van der Waals surface area contributed by atoms with Gasteiger partial charge < -0.3 is 26.2 Å². The summed E-state index contributed by atoms with van der Waals surface area (Å²) in [5.41, 5.74) is 0.118. The van der Waals surface area contributed by atoms with Crippen LogP contribution in [0.3, 0.4) is 0 Å². The molecule has 232 valence electrons. The summed E-state index contributed by atoms with van der Waals surface area (Å²) >= 11 is 0. The lowest BCUT2D eigenvalue weighted by Crippen LogP contribution is -2.48. The average molecular weight is 568 g/mol. The monoisotopic (exact) mass is 567 g/mol. The van der Waals surface area contributed by atoms with Gasteiger partial charge in [0.15, 0.2) is 5.78 Å². The van der Waals surface area contributed by atoms with Crippen LogP contribution in [0.1, 0.15) is 94.4 Å². The van der Waals surface area contributed by atoms with Crippen molar-refractivity contribution in [1.82, 2.24) is 26.2 Å². The smallest absolute Gasteiger partial charge is 0.314 e. The third-order valence-corrected chi connectivity index (χ3v) is 5.34. The Hall–Kier alpha value is -3.35. The van der Waals surface area contributed by atoms with E-state index in [4.69, 9.17) is 6.42 Å². The lowest BCUT2D eigenvalue weighted by Gasteiger charge is -2.27. The van der Waals surface area contributed by atoms with E-state index in [-0.39, 0.29) is 29.2 Å². The van der Waals surface area contributed by atoms with Gasteiger partial charge in [0.25, 0.3) is 0 Å². The number of Topliss-reactive ketones (excluding diaryl/α,β-unsaturated/α-hetero) is 1. The van der Waals surface area contributed by atoms with Crippen LogP contribution < -0.4 is 21.3 Å². The number of likely N-dealkylation sites (tertiary alicyclic amines) is 1. The van der Waals surface area contributed by atoms with Crippen molar-refractivity contribution in [3.05, 3.63) is 12.7 Å². The summed E-state index contributed by atoms with van der Waals surface area (Å²) in [7, 11) is 1.62. The minimum atomic E-state index is -0.553. The Balaban J connectivity index is -0.000000250. The topological polar surface area (TPSA) is 137 Å². The fraction of sp³-hybridized carbons (Fsp3) is 0.700. The van der Waals surface area contributed by atoms with Crippen LogP contribution in [0.15, 0.2) is 12.7 Å². The molecule has 5 amide bonds. The van der Waals surface area contributed by atoms with Crippen LogP contribution in [0.4, 0.5) is 4.79 Å². The Morgan fingerprint density at radius 1 is 1.15 bits per heavy atom. The lowest BCUT2D eigenvalue weighted by atomic mass is 9.88. The molecule has 0 aromatic heterocycles. The summed E-state index contributed by atoms with van der Waals surface area (Å²) in [5.74, 6) is 2.06. The van der Waals surface area contributed by atoms with Crippen molar-refractivity contribution in [1.29, 1.82) is 0 Å². The maximum absolute atomic E-state index is 12.0. The fourth-order valence-corrected chi connectivity index (χ4v) is 2.69. The molecule has 0 saturated carbocycles. The van der Waals surface area contributed by atoms with Gasteiger partial charge in [-0.3, -0.25) is 19.2 Å². The van der Waals surface area contributed by atoms with Crippen LogP contribution in [0.2, 0.25) is 0 Å². The molecule has 0 aromatic rings.